The van der Waals surface area contributed by atoms with Gasteiger partial charge in [0.1, 0.15) is 0 Å². The molecule has 1 N–H and O–H groups in total. The summed E-state index contributed by atoms with van der Waals surface area (Å²) in [5.41, 5.74) is 2.95. The summed E-state index contributed by atoms with van der Waals surface area (Å²) in [7, 11) is 2.02. The second kappa shape index (κ2) is 4.54. The highest BCUT2D eigenvalue weighted by atomic mass is 35.5. The molecule has 1 nitrogen and oxygen atoms in total. The van der Waals surface area contributed by atoms with Gasteiger partial charge in [-0.1, -0.05) is 24.6 Å². The molecule has 0 heterocycles. The molecular formula is C13H18ClN. The van der Waals surface area contributed by atoms with E-state index in [1.807, 2.05) is 13.1 Å². The molecule has 0 saturated carbocycles. The van der Waals surface area contributed by atoms with E-state index in [0.29, 0.717) is 11.8 Å². The Balaban J connectivity index is 2.37. The summed E-state index contributed by atoms with van der Waals surface area (Å²) in [5, 5.41) is 4.13. The van der Waals surface area contributed by atoms with E-state index in [4.69, 9.17) is 11.6 Å². The van der Waals surface area contributed by atoms with Crippen molar-refractivity contribution in [3.8, 4) is 0 Å². The van der Waals surface area contributed by atoms with Crippen LogP contribution in [0.25, 0.3) is 0 Å². The molecule has 0 spiro atoms. The van der Waals surface area contributed by atoms with Crippen molar-refractivity contribution in [1.82, 2.24) is 5.32 Å². The van der Waals surface area contributed by atoms with E-state index < -0.39 is 0 Å². The van der Waals surface area contributed by atoms with Gasteiger partial charge in [0.2, 0.25) is 0 Å². The number of nitrogens with one attached hydrogen (secondary N) is 1. The van der Waals surface area contributed by atoms with Crippen LogP contribution in [0.1, 0.15) is 42.7 Å². The maximum atomic E-state index is 6.07. The Hall–Kier alpha value is -0.530. The molecule has 0 bridgehead atoms. The van der Waals surface area contributed by atoms with E-state index in [0.717, 1.165) is 11.6 Å². The van der Waals surface area contributed by atoms with E-state index >= 15 is 0 Å². The molecular weight excluding hydrogens is 206 g/mol. The average Bonchev–Trinajstić information content (AvgIpc) is 2.22. The number of benzene rings is 1. The van der Waals surface area contributed by atoms with Crippen LogP contribution < -0.4 is 5.32 Å². The fourth-order valence-corrected chi connectivity index (χ4v) is 2.75. The van der Waals surface area contributed by atoms with Crippen molar-refractivity contribution in [2.75, 3.05) is 13.6 Å². The predicted octanol–water partition coefficient (Wildman–Crippen LogP) is 3.54. The summed E-state index contributed by atoms with van der Waals surface area (Å²) in [6.45, 7) is 3.36. The Morgan fingerprint density at radius 3 is 2.87 bits per heavy atom. The number of likely N-dealkylation sites (N-methyl/N-ethyl adjacent to an activating group) is 1. The minimum Gasteiger partial charge on any atom is -0.319 e. The molecule has 1 aliphatic rings. The number of rotatable bonds is 2. The molecule has 15 heavy (non-hydrogen) atoms. The third-order valence-corrected chi connectivity index (χ3v) is 3.65. The van der Waals surface area contributed by atoms with Crippen LogP contribution >= 0.6 is 11.6 Å². The Labute approximate surface area is 96.8 Å². The Morgan fingerprint density at radius 1 is 1.33 bits per heavy atom. The molecule has 0 fully saturated rings. The Bertz CT molecular complexity index is 348. The van der Waals surface area contributed by atoms with Gasteiger partial charge in [-0.15, -0.1) is 0 Å². The highest BCUT2D eigenvalue weighted by Crippen LogP contribution is 2.39. The van der Waals surface area contributed by atoms with Gasteiger partial charge in [-0.2, -0.15) is 0 Å². The second-order valence-electron chi connectivity index (χ2n) is 4.51. The molecule has 2 unspecified atom stereocenters. The molecule has 82 valence electrons. The molecule has 1 aromatic carbocycles. The summed E-state index contributed by atoms with van der Waals surface area (Å²) < 4.78 is 0. The van der Waals surface area contributed by atoms with E-state index in [2.05, 4.69) is 24.4 Å². The molecule has 2 rings (SSSR count). The highest BCUT2D eigenvalue weighted by Gasteiger charge is 2.24. The first-order valence-electron chi connectivity index (χ1n) is 5.66. The van der Waals surface area contributed by atoms with Crippen molar-refractivity contribution in [2.45, 2.75) is 31.6 Å². The van der Waals surface area contributed by atoms with Crippen LogP contribution in [0.3, 0.4) is 0 Å². The zero-order chi connectivity index (χ0) is 10.8. The summed E-state index contributed by atoms with van der Waals surface area (Å²) in [6, 6.07) is 6.36. The van der Waals surface area contributed by atoms with Gasteiger partial charge >= 0.3 is 0 Å². The van der Waals surface area contributed by atoms with Gasteiger partial charge in [-0.25, -0.2) is 0 Å². The number of halogens is 1. The lowest BCUT2D eigenvalue weighted by molar-refractivity contribution is 0.487. The Morgan fingerprint density at radius 2 is 2.13 bits per heavy atom. The normalized spacial score (nSPS) is 25.0. The van der Waals surface area contributed by atoms with Crippen LogP contribution in [0.2, 0.25) is 5.02 Å². The van der Waals surface area contributed by atoms with Crippen molar-refractivity contribution in [3.05, 3.63) is 34.3 Å². The molecule has 0 radical (unpaired) electrons. The fourth-order valence-electron chi connectivity index (χ4n) is 2.57. The molecule has 0 aliphatic heterocycles. The van der Waals surface area contributed by atoms with Crippen LogP contribution in [0.5, 0.6) is 0 Å². The lowest BCUT2D eigenvalue weighted by Gasteiger charge is -2.29. The van der Waals surface area contributed by atoms with Crippen LogP contribution in [0, 0.1) is 0 Å². The van der Waals surface area contributed by atoms with Crippen molar-refractivity contribution >= 4 is 11.6 Å². The van der Waals surface area contributed by atoms with Crippen molar-refractivity contribution in [1.29, 1.82) is 0 Å². The lowest BCUT2D eigenvalue weighted by Crippen LogP contribution is -2.22. The van der Waals surface area contributed by atoms with Gasteiger partial charge in [0.05, 0.1) is 0 Å². The number of hydrogen-bond acceptors (Lipinski definition) is 1. The molecule has 2 heteroatoms. The summed E-state index contributed by atoms with van der Waals surface area (Å²) in [6.07, 6.45) is 2.57. The molecule has 1 aliphatic carbocycles. The minimum atomic E-state index is 0.639. The zero-order valence-corrected chi connectivity index (χ0v) is 10.1. The second-order valence-corrected chi connectivity index (χ2v) is 4.94. The summed E-state index contributed by atoms with van der Waals surface area (Å²) >= 11 is 6.07. The van der Waals surface area contributed by atoms with E-state index in [-0.39, 0.29) is 0 Å². The third-order valence-electron chi connectivity index (χ3n) is 3.42. The van der Waals surface area contributed by atoms with Crippen molar-refractivity contribution < 1.29 is 0 Å². The molecule has 1 aromatic rings. The fraction of sp³-hybridized carbons (Fsp3) is 0.538. The quantitative estimate of drug-likeness (QED) is 0.809. The maximum Gasteiger partial charge on any atom is 0.0409 e. The molecule has 2 atom stereocenters. The smallest absolute Gasteiger partial charge is 0.0409 e. The SMILES string of the molecule is CNCC1CCC(C)c2ccc(Cl)cc21. The largest absolute Gasteiger partial charge is 0.319 e. The van der Waals surface area contributed by atoms with E-state index in [1.165, 1.54) is 24.0 Å². The maximum absolute atomic E-state index is 6.07. The van der Waals surface area contributed by atoms with Gasteiger partial charge in [-0.05, 0) is 55.0 Å². The van der Waals surface area contributed by atoms with Crippen molar-refractivity contribution in [2.24, 2.45) is 0 Å². The first-order valence-corrected chi connectivity index (χ1v) is 6.04. The van der Waals surface area contributed by atoms with Crippen LogP contribution in [-0.2, 0) is 0 Å². The van der Waals surface area contributed by atoms with Crippen molar-refractivity contribution in [3.63, 3.8) is 0 Å². The summed E-state index contributed by atoms with van der Waals surface area (Å²) in [5.74, 6) is 1.32. The zero-order valence-electron chi connectivity index (χ0n) is 9.39. The van der Waals surface area contributed by atoms with Gasteiger partial charge in [0.25, 0.3) is 0 Å². The number of hydrogen-bond donors (Lipinski definition) is 1. The summed E-state index contributed by atoms with van der Waals surface area (Å²) in [4.78, 5) is 0. The van der Waals surface area contributed by atoms with Crippen LogP contribution in [-0.4, -0.2) is 13.6 Å². The molecule has 0 saturated heterocycles. The van der Waals surface area contributed by atoms with Gasteiger partial charge < -0.3 is 5.32 Å². The minimum absolute atomic E-state index is 0.639. The standard InChI is InChI=1S/C13H18ClN/c1-9-3-4-10(8-15-2)13-7-11(14)5-6-12(9)13/h5-7,9-10,15H,3-4,8H2,1-2H3. The number of fused-ring (bicyclic) bond motifs is 1. The topological polar surface area (TPSA) is 12.0 Å². The van der Waals surface area contributed by atoms with E-state index in [1.54, 1.807) is 0 Å². The highest BCUT2D eigenvalue weighted by molar-refractivity contribution is 6.30. The van der Waals surface area contributed by atoms with Gasteiger partial charge in [0.15, 0.2) is 0 Å². The van der Waals surface area contributed by atoms with E-state index in [9.17, 15) is 0 Å². The van der Waals surface area contributed by atoms with Crippen LogP contribution in [0.15, 0.2) is 18.2 Å². The van der Waals surface area contributed by atoms with Crippen LogP contribution in [0.4, 0.5) is 0 Å². The lowest BCUT2D eigenvalue weighted by atomic mass is 9.77. The molecule has 0 amide bonds. The van der Waals surface area contributed by atoms with Gasteiger partial charge in [-0.3, -0.25) is 0 Å². The monoisotopic (exact) mass is 223 g/mol. The molecule has 0 aromatic heterocycles. The first-order chi connectivity index (χ1) is 7.22. The van der Waals surface area contributed by atoms with Gasteiger partial charge in [0, 0.05) is 11.6 Å². The predicted molar refractivity (Wildman–Crippen MR) is 65.8 cm³/mol. The average molecular weight is 224 g/mol. The Kier molecular flexibility index (Phi) is 3.32. The third kappa shape index (κ3) is 2.19. The first kappa shape index (κ1) is 11.0.